The van der Waals surface area contributed by atoms with Gasteiger partial charge in [0.15, 0.2) is 5.95 Å². The molecule has 1 heterocycles. The maximum atomic E-state index is 5.65. The van der Waals surface area contributed by atoms with Gasteiger partial charge in [0, 0.05) is 11.3 Å². The normalized spacial score (nSPS) is 13.4. The SMILES string of the molecule is Nc1nc2c([nH]1)CCc1ccccc1-2. The molecule has 0 saturated heterocycles. The van der Waals surface area contributed by atoms with Crippen molar-refractivity contribution in [1.29, 1.82) is 0 Å². The lowest BCUT2D eigenvalue weighted by Crippen LogP contribution is -2.02. The Hall–Kier alpha value is -1.77. The van der Waals surface area contributed by atoms with Gasteiger partial charge in [0.25, 0.3) is 0 Å². The summed E-state index contributed by atoms with van der Waals surface area (Å²) in [6.07, 6.45) is 2.08. The lowest BCUT2D eigenvalue weighted by atomic mass is 9.93. The van der Waals surface area contributed by atoms with E-state index in [1.165, 1.54) is 16.8 Å². The molecular formula is C11H11N3. The van der Waals surface area contributed by atoms with Crippen molar-refractivity contribution in [3.8, 4) is 11.3 Å². The number of H-pyrrole nitrogens is 1. The second-order valence-corrected chi connectivity index (χ2v) is 3.61. The van der Waals surface area contributed by atoms with E-state index < -0.39 is 0 Å². The number of nitrogens with one attached hydrogen (secondary N) is 1. The number of fused-ring (bicyclic) bond motifs is 3. The molecule has 0 bridgehead atoms. The summed E-state index contributed by atoms with van der Waals surface area (Å²) in [4.78, 5) is 7.42. The highest BCUT2D eigenvalue weighted by Crippen LogP contribution is 2.31. The Balaban J connectivity index is 2.28. The summed E-state index contributed by atoms with van der Waals surface area (Å²) in [7, 11) is 0. The molecule has 1 aromatic carbocycles. The lowest BCUT2D eigenvalue weighted by Gasteiger charge is -2.13. The van der Waals surface area contributed by atoms with Crippen molar-refractivity contribution in [1.82, 2.24) is 9.97 Å². The van der Waals surface area contributed by atoms with Crippen LogP contribution in [0.4, 0.5) is 5.95 Å². The summed E-state index contributed by atoms with van der Waals surface area (Å²) in [5.74, 6) is 0.520. The number of nitrogen functional groups attached to an aromatic ring is 1. The van der Waals surface area contributed by atoms with Gasteiger partial charge in [0.05, 0.1) is 5.69 Å². The first-order valence-electron chi connectivity index (χ1n) is 4.77. The van der Waals surface area contributed by atoms with Gasteiger partial charge in [-0.15, -0.1) is 0 Å². The third-order valence-corrected chi connectivity index (χ3v) is 2.71. The average molecular weight is 185 g/mol. The average Bonchev–Trinajstić information content (AvgIpc) is 2.59. The van der Waals surface area contributed by atoms with E-state index in [-0.39, 0.29) is 0 Å². The van der Waals surface area contributed by atoms with Crippen LogP contribution in [-0.4, -0.2) is 9.97 Å². The molecule has 1 aliphatic carbocycles. The van der Waals surface area contributed by atoms with Crippen LogP contribution < -0.4 is 5.73 Å². The second kappa shape index (κ2) is 2.61. The van der Waals surface area contributed by atoms with E-state index in [4.69, 9.17) is 5.73 Å². The molecule has 14 heavy (non-hydrogen) atoms. The van der Waals surface area contributed by atoms with Crippen LogP contribution in [0.25, 0.3) is 11.3 Å². The van der Waals surface area contributed by atoms with Crippen molar-refractivity contribution in [2.24, 2.45) is 0 Å². The van der Waals surface area contributed by atoms with Crippen LogP contribution in [0.2, 0.25) is 0 Å². The van der Waals surface area contributed by atoms with Crippen LogP contribution >= 0.6 is 0 Å². The van der Waals surface area contributed by atoms with Crippen LogP contribution in [0.5, 0.6) is 0 Å². The highest BCUT2D eigenvalue weighted by atomic mass is 15.0. The van der Waals surface area contributed by atoms with E-state index in [9.17, 15) is 0 Å². The minimum atomic E-state index is 0.520. The lowest BCUT2D eigenvalue weighted by molar-refractivity contribution is 0.909. The summed E-state index contributed by atoms with van der Waals surface area (Å²) >= 11 is 0. The van der Waals surface area contributed by atoms with E-state index in [0.29, 0.717) is 5.95 Å². The number of imidazole rings is 1. The van der Waals surface area contributed by atoms with Crippen molar-refractivity contribution in [2.75, 3.05) is 5.73 Å². The number of anilines is 1. The van der Waals surface area contributed by atoms with E-state index in [2.05, 4.69) is 28.2 Å². The number of aryl methyl sites for hydroxylation is 2. The Morgan fingerprint density at radius 3 is 3.00 bits per heavy atom. The maximum absolute atomic E-state index is 5.65. The van der Waals surface area contributed by atoms with Gasteiger partial charge in [0.1, 0.15) is 0 Å². The van der Waals surface area contributed by atoms with E-state index in [0.717, 1.165) is 18.5 Å². The maximum Gasteiger partial charge on any atom is 0.198 e. The van der Waals surface area contributed by atoms with Crippen molar-refractivity contribution in [3.05, 3.63) is 35.5 Å². The van der Waals surface area contributed by atoms with Crippen molar-refractivity contribution in [3.63, 3.8) is 0 Å². The third kappa shape index (κ3) is 0.954. The third-order valence-electron chi connectivity index (χ3n) is 2.71. The van der Waals surface area contributed by atoms with Gasteiger partial charge >= 0.3 is 0 Å². The number of hydrogen-bond acceptors (Lipinski definition) is 2. The van der Waals surface area contributed by atoms with Crippen LogP contribution in [0, 0.1) is 0 Å². The molecule has 0 amide bonds. The van der Waals surface area contributed by atoms with E-state index >= 15 is 0 Å². The summed E-state index contributed by atoms with van der Waals surface area (Å²) in [5, 5.41) is 0. The van der Waals surface area contributed by atoms with Gasteiger partial charge in [-0.3, -0.25) is 0 Å². The number of nitrogens with zero attached hydrogens (tertiary/aromatic N) is 1. The zero-order valence-electron chi connectivity index (χ0n) is 7.75. The van der Waals surface area contributed by atoms with Crippen molar-refractivity contribution < 1.29 is 0 Å². The highest BCUT2D eigenvalue weighted by Gasteiger charge is 2.18. The Labute approximate surface area is 82.0 Å². The van der Waals surface area contributed by atoms with Gasteiger partial charge in [0.2, 0.25) is 0 Å². The summed E-state index contributed by atoms with van der Waals surface area (Å²) in [5.41, 5.74) is 10.4. The molecule has 0 radical (unpaired) electrons. The first-order chi connectivity index (χ1) is 6.84. The molecule has 3 rings (SSSR count). The fourth-order valence-electron chi connectivity index (χ4n) is 2.06. The van der Waals surface area contributed by atoms with E-state index in [1.54, 1.807) is 0 Å². The fourth-order valence-corrected chi connectivity index (χ4v) is 2.06. The van der Waals surface area contributed by atoms with Gasteiger partial charge in [-0.05, 0) is 18.4 Å². The first-order valence-corrected chi connectivity index (χ1v) is 4.77. The van der Waals surface area contributed by atoms with Gasteiger partial charge in [-0.25, -0.2) is 4.98 Å². The number of nitrogens with two attached hydrogens (primary N) is 1. The fraction of sp³-hybridized carbons (Fsp3) is 0.182. The van der Waals surface area contributed by atoms with Crippen LogP contribution in [-0.2, 0) is 12.8 Å². The largest absolute Gasteiger partial charge is 0.369 e. The molecule has 2 aromatic rings. The Bertz CT molecular complexity index is 485. The summed E-state index contributed by atoms with van der Waals surface area (Å²) in [6, 6.07) is 8.37. The standard InChI is InChI=1S/C11H11N3/c12-11-13-9-6-5-7-3-1-2-4-8(7)10(9)14-11/h1-4H,5-6H2,(H3,12,13,14). The molecule has 1 aromatic heterocycles. The van der Waals surface area contributed by atoms with E-state index in [1.807, 2.05) is 6.07 Å². The molecule has 0 atom stereocenters. The molecule has 70 valence electrons. The molecule has 3 heteroatoms. The Morgan fingerprint density at radius 2 is 2.07 bits per heavy atom. The molecule has 3 nitrogen and oxygen atoms in total. The monoisotopic (exact) mass is 185 g/mol. The summed E-state index contributed by atoms with van der Waals surface area (Å²) < 4.78 is 0. The number of aromatic amines is 1. The zero-order chi connectivity index (χ0) is 9.54. The molecular weight excluding hydrogens is 174 g/mol. The molecule has 0 unspecified atom stereocenters. The van der Waals surface area contributed by atoms with Crippen LogP contribution in [0.15, 0.2) is 24.3 Å². The van der Waals surface area contributed by atoms with Gasteiger partial charge in [-0.2, -0.15) is 0 Å². The number of benzene rings is 1. The Kier molecular flexibility index (Phi) is 1.42. The molecule has 0 spiro atoms. The molecule has 0 fully saturated rings. The topological polar surface area (TPSA) is 54.7 Å². The number of aromatic nitrogens is 2. The zero-order valence-corrected chi connectivity index (χ0v) is 7.75. The molecule has 3 N–H and O–H groups in total. The van der Waals surface area contributed by atoms with Gasteiger partial charge < -0.3 is 10.7 Å². The first kappa shape index (κ1) is 7.62. The van der Waals surface area contributed by atoms with Crippen molar-refractivity contribution >= 4 is 5.95 Å². The molecule has 0 saturated carbocycles. The predicted molar refractivity (Wildman–Crippen MR) is 55.8 cm³/mol. The number of rotatable bonds is 0. The quantitative estimate of drug-likeness (QED) is 0.657. The Morgan fingerprint density at radius 1 is 1.21 bits per heavy atom. The predicted octanol–water partition coefficient (Wildman–Crippen LogP) is 1.76. The molecule has 1 aliphatic rings. The molecule has 0 aliphatic heterocycles. The van der Waals surface area contributed by atoms with Crippen molar-refractivity contribution in [2.45, 2.75) is 12.8 Å². The summed E-state index contributed by atoms with van der Waals surface area (Å²) in [6.45, 7) is 0. The van der Waals surface area contributed by atoms with Crippen LogP contribution in [0.3, 0.4) is 0 Å². The van der Waals surface area contributed by atoms with Gasteiger partial charge in [-0.1, -0.05) is 24.3 Å². The second-order valence-electron chi connectivity index (χ2n) is 3.61. The minimum absolute atomic E-state index is 0.520. The smallest absolute Gasteiger partial charge is 0.198 e. The number of hydrogen-bond donors (Lipinski definition) is 2. The highest BCUT2D eigenvalue weighted by molar-refractivity contribution is 5.69. The van der Waals surface area contributed by atoms with Crippen LogP contribution in [0.1, 0.15) is 11.3 Å². The minimum Gasteiger partial charge on any atom is -0.369 e.